The second kappa shape index (κ2) is 8.91. The van der Waals surface area contributed by atoms with Gasteiger partial charge in [-0.25, -0.2) is 13.2 Å². The van der Waals surface area contributed by atoms with Gasteiger partial charge in [-0.2, -0.15) is 4.31 Å². The number of para-hydroxylation sites is 2. The van der Waals surface area contributed by atoms with Crippen LogP contribution in [0.2, 0.25) is 0 Å². The summed E-state index contributed by atoms with van der Waals surface area (Å²) in [5, 5.41) is 0. The number of hydrogen-bond donors (Lipinski definition) is 0. The molecule has 2 aliphatic heterocycles. The maximum absolute atomic E-state index is 13.4. The van der Waals surface area contributed by atoms with Gasteiger partial charge in [-0.1, -0.05) is 29.8 Å². The van der Waals surface area contributed by atoms with Gasteiger partial charge in [-0.15, -0.1) is 0 Å². The molecule has 1 atom stereocenters. The second-order valence-electron chi connectivity index (χ2n) is 8.04. The van der Waals surface area contributed by atoms with Crippen molar-refractivity contribution in [2.24, 2.45) is 5.92 Å². The number of methoxy groups -OCH3 is 1. The highest BCUT2D eigenvalue weighted by atomic mass is 32.2. The Morgan fingerprint density at radius 1 is 1.03 bits per heavy atom. The van der Waals surface area contributed by atoms with Gasteiger partial charge in [0.1, 0.15) is 5.75 Å². The Kier molecular flexibility index (Phi) is 6.21. The van der Waals surface area contributed by atoms with Gasteiger partial charge in [-0.3, -0.25) is 4.79 Å². The lowest BCUT2D eigenvalue weighted by molar-refractivity contribution is -0.148. The molecule has 0 N–H and O–H groups in total. The molecule has 1 amide bonds. The van der Waals surface area contributed by atoms with Crippen LogP contribution in [0.25, 0.3) is 0 Å². The molecule has 0 radical (unpaired) electrons. The number of esters is 1. The third-order valence-corrected chi connectivity index (χ3v) is 7.88. The minimum Gasteiger partial charge on any atom is -0.475 e. The van der Waals surface area contributed by atoms with Gasteiger partial charge in [0.2, 0.25) is 22.0 Å². The minimum atomic E-state index is -3.60. The zero-order valence-corrected chi connectivity index (χ0v) is 18.9. The lowest BCUT2D eigenvalue weighted by atomic mass is 9.95. The highest BCUT2D eigenvalue weighted by molar-refractivity contribution is 7.89. The predicted octanol–water partition coefficient (Wildman–Crippen LogP) is 2.36. The number of benzene rings is 2. The Balaban J connectivity index is 1.48. The molecule has 2 aromatic carbocycles. The fourth-order valence-electron chi connectivity index (χ4n) is 4.12. The van der Waals surface area contributed by atoms with Crippen molar-refractivity contribution in [2.45, 2.75) is 30.8 Å². The second-order valence-corrected chi connectivity index (χ2v) is 9.98. The topological polar surface area (TPSA) is 93.2 Å². The molecule has 170 valence electrons. The van der Waals surface area contributed by atoms with E-state index in [1.54, 1.807) is 53.4 Å². The highest BCUT2D eigenvalue weighted by Crippen LogP contribution is 2.36. The van der Waals surface area contributed by atoms with Gasteiger partial charge in [0.05, 0.1) is 24.2 Å². The summed E-state index contributed by atoms with van der Waals surface area (Å²) in [5.41, 5.74) is 1.59. The Morgan fingerprint density at radius 3 is 2.34 bits per heavy atom. The zero-order valence-electron chi connectivity index (χ0n) is 18.1. The molecule has 9 heteroatoms. The number of rotatable bonds is 4. The van der Waals surface area contributed by atoms with Crippen molar-refractivity contribution >= 4 is 27.6 Å². The van der Waals surface area contributed by atoms with Gasteiger partial charge < -0.3 is 14.4 Å². The van der Waals surface area contributed by atoms with Crippen molar-refractivity contribution in [2.75, 3.05) is 31.6 Å². The first kappa shape index (κ1) is 22.3. The molecule has 2 aromatic rings. The molecular formula is C23H26N2O6S. The number of ether oxygens (including phenoxy) is 2. The van der Waals surface area contributed by atoms with E-state index in [9.17, 15) is 18.0 Å². The molecule has 1 saturated heterocycles. The fourth-order valence-corrected chi connectivity index (χ4v) is 5.59. The van der Waals surface area contributed by atoms with Gasteiger partial charge in [0.25, 0.3) is 0 Å². The van der Waals surface area contributed by atoms with Crippen LogP contribution < -0.4 is 9.64 Å². The van der Waals surface area contributed by atoms with E-state index in [4.69, 9.17) is 9.47 Å². The first-order chi connectivity index (χ1) is 15.3. The van der Waals surface area contributed by atoms with Crippen molar-refractivity contribution in [3.8, 4) is 5.75 Å². The first-order valence-electron chi connectivity index (χ1n) is 10.5. The molecule has 0 bridgehead atoms. The number of piperidine rings is 1. The van der Waals surface area contributed by atoms with Crippen molar-refractivity contribution in [1.82, 2.24) is 4.31 Å². The summed E-state index contributed by atoms with van der Waals surface area (Å²) in [5.74, 6) is -0.579. The summed E-state index contributed by atoms with van der Waals surface area (Å²) < 4.78 is 37.9. The summed E-state index contributed by atoms with van der Waals surface area (Å²) in [6.45, 7) is 2.49. The monoisotopic (exact) mass is 458 g/mol. The van der Waals surface area contributed by atoms with E-state index in [1.165, 1.54) is 11.4 Å². The standard InChI is InChI=1S/C23H26N2O6S/c1-16-7-9-18(10-8-16)32(28,29)24-13-11-17(12-14-24)22(26)25-15-21(23(27)30-2)31-20-6-4-3-5-19(20)25/h3-10,17,21H,11-15H2,1-2H3/t21-/m1/s1. The summed E-state index contributed by atoms with van der Waals surface area (Å²) >= 11 is 0. The number of nitrogens with zero attached hydrogens (tertiary/aromatic N) is 2. The maximum Gasteiger partial charge on any atom is 0.348 e. The van der Waals surface area contributed by atoms with Gasteiger partial charge in [0, 0.05) is 19.0 Å². The molecule has 8 nitrogen and oxygen atoms in total. The van der Waals surface area contributed by atoms with Crippen LogP contribution in [-0.4, -0.2) is 57.4 Å². The van der Waals surface area contributed by atoms with Crippen LogP contribution in [0.4, 0.5) is 5.69 Å². The van der Waals surface area contributed by atoms with Crippen molar-refractivity contribution in [3.05, 3.63) is 54.1 Å². The van der Waals surface area contributed by atoms with E-state index in [2.05, 4.69) is 0 Å². The molecule has 0 spiro atoms. The molecule has 0 unspecified atom stereocenters. The largest absolute Gasteiger partial charge is 0.475 e. The quantitative estimate of drug-likeness (QED) is 0.653. The number of carbonyl (C=O) groups is 2. The van der Waals surface area contributed by atoms with E-state index in [0.717, 1.165) is 5.56 Å². The van der Waals surface area contributed by atoms with Crippen molar-refractivity contribution in [1.29, 1.82) is 0 Å². The molecule has 0 saturated carbocycles. The van der Waals surface area contributed by atoms with Crippen molar-refractivity contribution in [3.63, 3.8) is 0 Å². The maximum atomic E-state index is 13.4. The zero-order chi connectivity index (χ0) is 22.9. The van der Waals surface area contributed by atoms with E-state index >= 15 is 0 Å². The van der Waals surface area contributed by atoms with E-state index in [0.29, 0.717) is 24.3 Å². The minimum absolute atomic E-state index is 0.0599. The average molecular weight is 459 g/mol. The number of fused-ring (bicyclic) bond motifs is 1. The van der Waals surface area contributed by atoms with Gasteiger partial charge >= 0.3 is 5.97 Å². The van der Waals surface area contributed by atoms with E-state index < -0.39 is 22.1 Å². The molecule has 0 aliphatic carbocycles. The third-order valence-electron chi connectivity index (χ3n) is 5.97. The third kappa shape index (κ3) is 4.22. The SMILES string of the molecule is COC(=O)[C@H]1CN(C(=O)C2CCN(S(=O)(=O)c3ccc(C)cc3)CC2)c2ccccc2O1. The molecule has 2 heterocycles. The summed E-state index contributed by atoms with van der Waals surface area (Å²) in [6.07, 6.45) is -0.0839. The Hall–Kier alpha value is -2.91. The van der Waals surface area contributed by atoms with E-state index in [1.807, 2.05) is 6.92 Å². The normalized spacial score (nSPS) is 19.7. The number of amides is 1. The number of sulfonamides is 1. The summed E-state index contributed by atoms with van der Waals surface area (Å²) in [4.78, 5) is 27.3. The number of anilines is 1. The average Bonchev–Trinajstić information content (AvgIpc) is 2.82. The van der Waals surface area contributed by atoms with Crippen LogP contribution in [0.3, 0.4) is 0 Å². The Labute approximate surface area is 187 Å². The lowest BCUT2D eigenvalue weighted by Gasteiger charge is -2.37. The molecule has 2 aliphatic rings. The van der Waals surface area contributed by atoms with Gasteiger partial charge in [0.15, 0.2) is 0 Å². The first-order valence-corrected chi connectivity index (χ1v) is 12.0. The van der Waals surface area contributed by atoms with Gasteiger partial charge in [-0.05, 0) is 44.0 Å². The fraction of sp³-hybridized carbons (Fsp3) is 0.391. The molecule has 32 heavy (non-hydrogen) atoms. The number of carbonyl (C=O) groups excluding carboxylic acids is 2. The van der Waals surface area contributed by atoms with Crippen LogP contribution in [0.5, 0.6) is 5.75 Å². The highest BCUT2D eigenvalue weighted by Gasteiger charge is 2.39. The lowest BCUT2D eigenvalue weighted by Crippen LogP contribution is -2.51. The van der Waals surface area contributed by atoms with E-state index in [-0.39, 0.29) is 36.4 Å². The van der Waals surface area contributed by atoms with Crippen LogP contribution in [-0.2, 0) is 24.3 Å². The molecule has 4 rings (SSSR count). The summed E-state index contributed by atoms with van der Waals surface area (Å²) in [7, 11) is -2.32. The van der Waals surface area contributed by atoms with Crippen LogP contribution >= 0.6 is 0 Å². The van der Waals surface area contributed by atoms with Crippen molar-refractivity contribution < 1.29 is 27.5 Å². The molecular weight excluding hydrogens is 432 g/mol. The van der Waals surface area contributed by atoms with Crippen LogP contribution in [0, 0.1) is 12.8 Å². The number of aryl methyl sites for hydroxylation is 1. The number of hydrogen-bond acceptors (Lipinski definition) is 6. The Bertz CT molecular complexity index is 1110. The molecule has 1 fully saturated rings. The summed E-state index contributed by atoms with van der Waals surface area (Å²) in [6, 6.07) is 13.8. The Morgan fingerprint density at radius 2 is 1.69 bits per heavy atom. The van der Waals surface area contributed by atoms with Crippen LogP contribution in [0.15, 0.2) is 53.4 Å². The smallest absolute Gasteiger partial charge is 0.348 e. The van der Waals surface area contributed by atoms with Crippen LogP contribution in [0.1, 0.15) is 18.4 Å². The predicted molar refractivity (Wildman–Crippen MR) is 118 cm³/mol. The molecule has 0 aromatic heterocycles.